The van der Waals surface area contributed by atoms with E-state index in [1.54, 1.807) is 0 Å². The minimum absolute atomic E-state index is 0.128. The molecule has 0 spiro atoms. The standard InChI is InChI=1S/C13H26O/c1-10(2)13(11(3)14)9-12-7-5-4-6-8-12/h10-14H,4-9H2,1-3H3/t11-,13-/m0/s1. The Morgan fingerprint density at radius 3 is 2.07 bits per heavy atom. The first-order valence-corrected chi connectivity index (χ1v) is 6.29. The largest absolute Gasteiger partial charge is 0.393 e. The maximum absolute atomic E-state index is 9.71. The van der Waals surface area contributed by atoms with Crippen molar-refractivity contribution in [2.75, 3.05) is 0 Å². The summed E-state index contributed by atoms with van der Waals surface area (Å²) >= 11 is 0. The summed E-state index contributed by atoms with van der Waals surface area (Å²) in [7, 11) is 0. The molecule has 0 aromatic rings. The number of rotatable bonds is 4. The number of hydrogen-bond acceptors (Lipinski definition) is 1. The molecule has 0 radical (unpaired) electrons. The molecule has 0 heterocycles. The quantitative estimate of drug-likeness (QED) is 0.731. The van der Waals surface area contributed by atoms with Crippen LogP contribution in [0, 0.1) is 17.8 Å². The summed E-state index contributed by atoms with van der Waals surface area (Å²) < 4.78 is 0. The zero-order chi connectivity index (χ0) is 10.6. The smallest absolute Gasteiger partial charge is 0.0542 e. The molecule has 2 atom stereocenters. The van der Waals surface area contributed by atoms with Crippen molar-refractivity contribution in [3.05, 3.63) is 0 Å². The molecule has 1 saturated carbocycles. The van der Waals surface area contributed by atoms with Crippen LogP contribution in [0.15, 0.2) is 0 Å². The monoisotopic (exact) mass is 198 g/mol. The van der Waals surface area contributed by atoms with E-state index < -0.39 is 0 Å². The molecular weight excluding hydrogens is 172 g/mol. The Labute approximate surface area is 88.9 Å². The molecule has 1 aliphatic carbocycles. The van der Waals surface area contributed by atoms with Crippen LogP contribution in [0.4, 0.5) is 0 Å². The average Bonchev–Trinajstić information content (AvgIpc) is 2.15. The van der Waals surface area contributed by atoms with Crippen LogP contribution in [-0.4, -0.2) is 11.2 Å². The molecule has 1 N–H and O–H groups in total. The number of aliphatic hydroxyl groups excluding tert-OH is 1. The highest BCUT2D eigenvalue weighted by Crippen LogP contribution is 2.32. The second-order valence-corrected chi connectivity index (χ2v) is 5.39. The van der Waals surface area contributed by atoms with E-state index in [-0.39, 0.29) is 6.10 Å². The van der Waals surface area contributed by atoms with Crippen LogP contribution in [0.25, 0.3) is 0 Å². The van der Waals surface area contributed by atoms with Gasteiger partial charge in [0.25, 0.3) is 0 Å². The molecule has 1 fully saturated rings. The topological polar surface area (TPSA) is 20.2 Å². The molecule has 14 heavy (non-hydrogen) atoms. The second kappa shape index (κ2) is 5.75. The third-order valence-corrected chi connectivity index (χ3v) is 3.81. The van der Waals surface area contributed by atoms with Gasteiger partial charge in [-0.05, 0) is 31.1 Å². The van der Waals surface area contributed by atoms with Gasteiger partial charge in [0.15, 0.2) is 0 Å². The predicted octanol–water partition coefficient (Wildman–Crippen LogP) is 3.61. The molecule has 84 valence electrons. The van der Waals surface area contributed by atoms with Gasteiger partial charge in [0, 0.05) is 0 Å². The summed E-state index contributed by atoms with van der Waals surface area (Å²) in [5, 5.41) is 9.71. The van der Waals surface area contributed by atoms with Crippen molar-refractivity contribution < 1.29 is 5.11 Å². The third kappa shape index (κ3) is 3.61. The molecule has 0 aromatic heterocycles. The van der Waals surface area contributed by atoms with Gasteiger partial charge in [0.1, 0.15) is 0 Å². The van der Waals surface area contributed by atoms with E-state index in [0.29, 0.717) is 11.8 Å². The van der Waals surface area contributed by atoms with Crippen molar-refractivity contribution in [1.29, 1.82) is 0 Å². The molecule has 0 amide bonds. The molecule has 0 aliphatic heterocycles. The minimum Gasteiger partial charge on any atom is -0.393 e. The minimum atomic E-state index is -0.128. The first kappa shape index (κ1) is 12.0. The lowest BCUT2D eigenvalue weighted by molar-refractivity contribution is 0.0747. The molecule has 1 aliphatic rings. The SMILES string of the molecule is CC(C)[C@H](CC1CCCCC1)[C@H](C)O. The molecule has 1 rings (SSSR count). The normalized spacial score (nSPS) is 23.8. The van der Waals surface area contributed by atoms with Gasteiger partial charge >= 0.3 is 0 Å². The van der Waals surface area contributed by atoms with Crippen molar-refractivity contribution in [2.24, 2.45) is 17.8 Å². The fraction of sp³-hybridized carbons (Fsp3) is 1.00. The van der Waals surface area contributed by atoms with E-state index in [9.17, 15) is 5.11 Å². The molecular formula is C13H26O. The van der Waals surface area contributed by atoms with E-state index in [1.165, 1.54) is 38.5 Å². The van der Waals surface area contributed by atoms with Crippen LogP contribution in [0.3, 0.4) is 0 Å². The lowest BCUT2D eigenvalue weighted by atomic mass is 9.77. The van der Waals surface area contributed by atoms with Crippen molar-refractivity contribution in [1.82, 2.24) is 0 Å². The van der Waals surface area contributed by atoms with Crippen LogP contribution in [0.2, 0.25) is 0 Å². The van der Waals surface area contributed by atoms with Gasteiger partial charge in [-0.15, -0.1) is 0 Å². The summed E-state index contributed by atoms with van der Waals surface area (Å²) in [5.41, 5.74) is 0. The van der Waals surface area contributed by atoms with Gasteiger partial charge in [0.05, 0.1) is 6.10 Å². The molecule has 0 bridgehead atoms. The van der Waals surface area contributed by atoms with Gasteiger partial charge in [-0.25, -0.2) is 0 Å². The molecule has 0 unspecified atom stereocenters. The highest BCUT2D eigenvalue weighted by atomic mass is 16.3. The van der Waals surface area contributed by atoms with Crippen LogP contribution < -0.4 is 0 Å². The van der Waals surface area contributed by atoms with E-state index >= 15 is 0 Å². The highest BCUT2D eigenvalue weighted by molar-refractivity contribution is 4.75. The fourth-order valence-electron chi connectivity index (χ4n) is 2.83. The van der Waals surface area contributed by atoms with E-state index in [2.05, 4.69) is 13.8 Å². The highest BCUT2D eigenvalue weighted by Gasteiger charge is 2.24. The van der Waals surface area contributed by atoms with E-state index in [1.807, 2.05) is 6.92 Å². The Hall–Kier alpha value is -0.0400. The summed E-state index contributed by atoms with van der Waals surface area (Å²) in [6.45, 7) is 6.42. The van der Waals surface area contributed by atoms with Gasteiger partial charge in [-0.2, -0.15) is 0 Å². The van der Waals surface area contributed by atoms with Gasteiger partial charge < -0.3 is 5.11 Å². The summed E-state index contributed by atoms with van der Waals surface area (Å²) in [4.78, 5) is 0. The van der Waals surface area contributed by atoms with Crippen LogP contribution in [-0.2, 0) is 0 Å². The predicted molar refractivity (Wildman–Crippen MR) is 61.2 cm³/mol. The molecule has 1 nitrogen and oxygen atoms in total. The van der Waals surface area contributed by atoms with Crippen molar-refractivity contribution in [2.45, 2.75) is 65.4 Å². The van der Waals surface area contributed by atoms with Crippen molar-refractivity contribution in [3.8, 4) is 0 Å². The van der Waals surface area contributed by atoms with Crippen LogP contribution >= 0.6 is 0 Å². The van der Waals surface area contributed by atoms with E-state index in [4.69, 9.17) is 0 Å². The van der Waals surface area contributed by atoms with E-state index in [0.717, 1.165) is 5.92 Å². The lowest BCUT2D eigenvalue weighted by Gasteiger charge is -2.30. The molecule has 0 saturated heterocycles. The average molecular weight is 198 g/mol. The Balaban J connectivity index is 2.37. The summed E-state index contributed by atoms with van der Waals surface area (Å²) in [5.74, 6) is 2.03. The molecule has 1 heteroatoms. The second-order valence-electron chi connectivity index (χ2n) is 5.39. The van der Waals surface area contributed by atoms with Crippen molar-refractivity contribution in [3.63, 3.8) is 0 Å². The van der Waals surface area contributed by atoms with Gasteiger partial charge in [-0.3, -0.25) is 0 Å². The first-order chi connectivity index (χ1) is 6.61. The zero-order valence-corrected chi connectivity index (χ0v) is 10.00. The first-order valence-electron chi connectivity index (χ1n) is 6.29. The zero-order valence-electron chi connectivity index (χ0n) is 10.00. The Kier molecular flexibility index (Phi) is 4.94. The number of hydrogen-bond donors (Lipinski definition) is 1. The lowest BCUT2D eigenvalue weighted by Crippen LogP contribution is -2.25. The third-order valence-electron chi connectivity index (χ3n) is 3.81. The Morgan fingerprint density at radius 1 is 1.07 bits per heavy atom. The summed E-state index contributed by atoms with van der Waals surface area (Å²) in [6, 6.07) is 0. The number of aliphatic hydroxyl groups is 1. The maximum atomic E-state index is 9.71. The maximum Gasteiger partial charge on any atom is 0.0542 e. The fourth-order valence-corrected chi connectivity index (χ4v) is 2.83. The Bertz CT molecular complexity index is 137. The van der Waals surface area contributed by atoms with Crippen molar-refractivity contribution >= 4 is 0 Å². The van der Waals surface area contributed by atoms with Crippen LogP contribution in [0.5, 0.6) is 0 Å². The molecule has 0 aromatic carbocycles. The van der Waals surface area contributed by atoms with Crippen LogP contribution in [0.1, 0.15) is 59.3 Å². The Morgan fingerprint density at radius 2 is 1.64 bits per heavy atom. The summed E-state index contributed by atoms with van der Waals surface area (Å²) in [6.07, 6.45) is 8.17. The van der Waals surface area contributed by atoms with Gasteiger partial charge in [-0.1, -0.05) is 46.0 Å². The van der Waals surface area contributed by atoms with Gasteiger partial charge in [0.2, 0.25) is 0 Å².